The van der Waals surface area contributed by atoms with Crippen molar-refractivity contribution < 1.29 is 4.74 Å². The number of hydrogen-bond donors (Lipinski definition) is 0. The molecule has 2 aliphatic rings. The molecule has 2 fully saturated rings. The van der Waals surface area contributed by atoms with Crippen molar-refractivity contribution in [3.63, 3.8) is 0 Å². The summed E-state index contributed by atoms with van der Waals surface area (Å²) in [7, 11) is 0. The molecule has 0 saturated carbocycles. The summed E-state index contributed by atoms with van der Waals surface area (Å²) in [6.07, 6.45) is 2.68. The first-order valence-corrected chi connectivity index (χ1v) is 7.18. The van der Waals surface area contributed by atoms with Crippen molar-refractivity contribution in [3.8, 4) is 0 Å². The van der Waals surface area contributed by atoms with Gasteiger partial charge < -0.3 is 9.64 Å². The Kier molecular flexibility index (Phi) is 3.86. The van der Waals surface area contributed by atoms with Crippen LogP contribution in [0.15, 0.2) is 12.4 Å². The van der Waals surface area contributed by atoms with E-state index < -0.39 is 0 Å². The Morgan fingerprint density at radius 3 is 2.95 bits per heavy atom. The van der Waals surface area contributed by atoms with Gasteiger partial charge in [0.15, 0.2) is 0 Å². The summed E-state index contributed by atoms with van der Waals surface area (Å²) in [4.78, 5) is 13.1. The van der Waals surface area contributed by atoms with Crippen LogP contribution < -0.4 is 4.90 Å². The molecule has 1 aromatic heterocycles. The van der Waals surface area contributed by atoms with Gasteiger partial charge in [0.05, 0.1) is 6.61 Å². The molecule has 0 aromatic carbocycles. The normalized spacial score (nSPS) is 28.8. The minimum absolute atomic E-state index is 0.504. The fourth-order valence-corrected chi connectivity index (χ4v) is 3.14. The van der Waals surface area contributed by atoms with Gasteiger partial charge in [0.1, 0.15) is 17.3 Å². The first-order valence-electron chi connectivity index (χ1n) is 6.80. The Morgan fingerprint density at radius 1 is 1.37 bits per heavy atom. The van der Waals surface area contributed by atoms with E-state index in [-0.39, 0.29) is 0 Å². The summed E-state index contributed by atoms with van der Waals surface area (Å²) in [5.74, 6) is 0.925. The van der Waals surface area contributed by atoms with Gasteiger partial charge in [0.2, 0.25) is 0 Å². The Morgan fingerprint density at radius 2 is 2.26 bits per heavy atom. The molecular weight excluding hydrogens is 264 g/mol. The third-order valence-electron chi connectivity index (χ3n) is 4.00. The van der Waals surface area contributed by atoms with Crippen molar-refractivity contribution in [1.29, 1.82) is 0 Å². The van der Waals surface area contributed by atoms with E-state index in [0.29, 0.717) is 17.2 Å². The lowest BCUT2D eigenvalue weighted by atomic mass is 10.1. The maximum atomic E-state index is 5.93. The Balaban J connectivity index is 1.66. The fraction of sp³-hybridized carbons (Fsp3) is 0.692. The van der Waals surface area contributed by atoms with Crippen LogP contribution in [0.2, 0.25) is 5.15 Å². The molecule has 0 aliphatic carbocycles. The van der Waals surface area contributed by atoms with Gasteiger partial charge in [-0.3, -0.25) is 4.90 Å². The van der Waals surface area contributed by atoms with Gasteiger partial charge in [-0.15, -0.1) is 0 Å². The van der Waals surface area contributed by atoms with E-state index in [1.807, 2.05) is 6.07 Å². The molecule has 0 N–H and O–H groups in total. The molecule has 5 nitrogen and oxygen atoms in total. The number of ether oxygens (including phenoxy) is 1. The molecule has 19 heavy (non-hydrogen) atoms. The van der Waals surface area contributed by atoms with E-state index in [2.05, 4.69) is 26.7 Å². The van der Waals surface area contributed by atoms with E-state index in [4.69, 9.17) is 16.3 Å². The molecule has 104 valence electrons. The zero-order chi connectivity index (χ0) is 13.2. The summed E-state index contributed by atoms with van der Waals surface area (Å²) in [6, 6.07) is 2.93. The second kappa shape index (κ2) is 5.61. The van der Waals surface area contributed by atoms with E-state index in [0.717, 1.165) is 45.1 Å². The molecule has 2 atom stereocenters. The van der Waals surface area contributed by atoms with Crippen LogP contribution in [0.4, 0.5) is 5.82 Å². The lowest BCUT2D eigenvalue weighted by Crippen LogP contribution is -2.55. The van der Waals surface area contributed by atoms with Gasteiger partial charge in [-0.05, 0) is 13.3 Å². The average Bonchev–Trinajstić information content (AvgIpc) is 2.92. The topological polar surface area (TPSA) is 41.5 Å². The molecule has 6 heteroatoms. The number of anilines is 1. The van der Waals surface area contributed by atoms with Gasteiger partial charge in [-0.1, -0.05) is 11.6 Å². The highest BCUT2D eigenvalue weighted by Crippen LogP contribution is 2.22. The zero-order valence-electron chi connectivity index (χ0n) is 11.1. The van der Waals surface area contributed by atoms with Crippen LogP contribution in [-0.2, 0) is 4.74 Å². The molecule has 3 heterocycles. The molecule has 0 amide bonds. The molecule has 2 saturated heterocycles. The first-order chi connectivity index (χ1) is 9.24. The number of rotatable bonds is 2. The van der Waals surface area contributed by atoms with Crippen molar-refractivity contribution >= 4 is 17.4 Å². The SMILES string of the molecule is C[C@@H]1CN(c2cc(Cl)ncn2)CCN1C1CCOC1. The number of piperazine rings is 1. The number of aromatic nitrogens is 2. The van der Waals surface area contributed by atoms with Crippen molar-refractivity contribution in [3.05, 3.63) is 17.5 Å². The van der Waals surface area contributed by atoms with Crippen molar-refractivity contribution in [1.82, 2.24) is 14.9 Å². The minimum atomic E-state index is 0.504. The maximum Gasteiger partial charge on any atom is 0.134 e. The number of nitrogens with zero attached hydrogens (tertiary/aromatic N) is 4. The minimum Gasteiger partial charge on any atom is -0.380 e. The molecule has 1 aromatic rings. The van der Waals surface area contributed by atoms with Crippen molar-refractivity contribution in [2.24, 2.45) is 0 Å². The van der Waals surface area contributed by atoms with E-state index >= 15 is 0 Å². The second-order valence-corrected chi connectivity index (χ2v) is 5.64. The summed E-state index contributed by atoms with van der Waals surface area (Å²) in [5.41, 5.74) is 0. The average molecular weight is 283 g/mol. The molecule has 2 aliphatic heterocycles. The van der Waals surface area contributed by atoms with Crippen LogP contribution >= 0.6 is 11.6 Å². The van der Waals surface area contributed by atoms with Crippen LogP contribution in [0.25, 0.3) is 0 Å². The van der Waals surface area contributed by atoms with Crippen LogP contribution in [0.3, 0.4) is 0 Å². The van der Waals surface area contributed by atoms with Crippen molar-refractivity contribution in [2.45, 2.75) is 25.4 Å². The largest absolute Gasteiger partial charge is 0.380 e. The molecule has 0 bridgehead atoms. The third kappa shape index (κ3) is 2.83. The monoisotopic (exact) mass is 282 g/mol. The van der Waals surface area contributed by atoms with Gasteiger partial charge in [-0.25, -0.2) is 9.97 Å². The molecule has 1 unspecified atom stereocenters. The molecule has 0 radical (unpaired) electrons. The highest BCUT2D eigenvalue weighted by molar-refractivity contribution is 6.29. The fourth-order valence-electron chi connectivity index (χ4n) is 3.00. The summed E-state index contributed by atoms with van der Waals surface area (Å²) in [5, 5.41) is 0.504. The Labute approximate surface area is 118 Å². The highest BCUT2D eigenvalue weighted by atomic mass is 35.5. The van der Waals surface area contributed by atoms with Gasteiger partial charge in [0.25, 0.3) is 0 Å². The summed E-state index contributed by atoms with van der Waals surface area (Å²) < 4.78 is 5.49. The highest BCUT2D eigenvalue weighted by Gasteiger charge is 2.31. The lowest BCUT2D eigenvalue weighted by Gasteiger charge is -2.43. The molecule has 0 spiro atoms. The summed E-state index contributed by atoms with van der Waals surface area (Å²) >= 11 is 5.93. The Hall–Kier alpha value is -0.910. The van der Waals surface area contributed by atoms with Crippen LogP contribution in [0.5, 0.6) is 0 Å². The zero-order valence-corrected chi connectivity index (χ0v) is 11.9. The van der Waals surface area contributed by atoms with Crippen LogP contribution in [-0.4, -0.2) is 59.8 Å². The van der Waals surface area contributed by atoms with E-state index in [1.165, 1.54) is 6.33 Å². The maximum absolute atomic E-state index is 5.93. The first kappa shape index (κ1) is 13.1. The standard InChI is InChI=1S/C13H19ClN4O/c1-10-7-17(13-6-12(14)15-9-16-13)3-4-18(10)11-2-5-19-8-11/h6,9-11H,2-5,7-8H2,1H3/t10-,11?/m1/s1. The van der Waals surface area contributed by atoms with Crippen LogP contribution in [0.1, 0.15) is 13.3 Å². The Bertz CT molecular complexity index is 438. The lowest BCUT2D eigenvalue weighted by molar-refractivity contribution is 0.105. The second-order valence-electron chi connectivity index (χ2n) is 5.25. The van der Waals surface area contributed by atoms with E-state index in [1.54, 1.807) is 0 Å². The summed E-state index contributed by atoms with van der Waals surface area (Å²) in [6.45, 7) is 7.06. The molecule has 3 rings (SSSR count). The quantitative estimate of drug-likeness (QED) is 0.768. The predicted octanol–water partition coefficient (Wildman–Crippen LogP) is 1.43. The number of hydrogen-bond acceptors (Lipinski definition) is 5. The van der Waals surface area contributed by atoms with Gasteiger partial charge in [-0.2, -0.15) is 0 Å². The number of halogens is 1. The van der Waals surface area contributed by atoms with Crippen LogP contribution in [0, 0.1) is 0 Å². The predicted molar refractivity (Wildman–Crippen MR) is 74.6 cm³/mol. The molecular formula is C13H19ClN4O. The van der Waals surface area contributed by atoms with E-state index in [9.17, 15) is 0 Å². The smallest absolute Gasteiger partial charge is 0.134 e. The third-order valence-corrected chi connectivity index (χ3v) is 4.20. The van der Waals surface area contributed by atoms with Gasteiger partial charge >= 0.3 is 0 Å². The van der Waals surface area contributed by atoms with Gasteiger partial charge in [0, 0.05) is 44.4 Å². The van der Waals surface area contributed by atoms with Crippen molar-refractivity contribution in [2.75, 3.05) is 37.7 Å².